The SMILES string of the molecule is O=C1C=C(O)CC(c2csc(-c3ccc(OC(F)(F)F)cc3)n2)C1. The molecule has 0 aliphatic heterocycles. The van der Waals surface area contributed by atoms with Crippen molar-refractivity contribution in [3.8, 4) is 16.3 Å². The number of aliphatic hydroxyl groups excluding tert-OH is 1. The monoisotopic (exact) mass is 355 g/mol. The van der Waals surface area contributed by atoms with Crippen LogP contribution in [0.3, 0.4) is 0 Å². The number of benzene rings is 1. The number of hydrogen-bond donors (Lipinski definition) is 1. The molecule has 0 amide bonds. The van der Waals surface area contributed by atoms with Gasteiger partial charge in [-0.3, -0.25) is 4.79 Å². The van der Waals surface area contributed by atoms with E-state index < -0.39 is 6.36 Å². The Balaban J connectivity index is 1.76. The number of ketones is 1. The van der Waals surface area contributed by atoms with Crippen LogP contribution >= 0.6 is 11.3 Å². The van der Waals surface area contributed by atoms with Crippen molar-refractivity contribution in [3.05, 3.63) is 47.2 Å². The first-order valence-corrected chi connectivity index (χ1v) is 7.92. The molecule has 0 saturated carbocycles. The number of allylic oxidation sites excluding steroid dienone is 2. The van der Waals surface area contributed by atoms with E-state index in [0.29, 0.717) is 22.7 Å². The Morgan fingerprint density at radius 3 is 2.54 bits per heavy atom. The Labute approximate surface area is 139 Å². The largest absolute Gasteiger partial charge is 0.573 e. The maximum atomic E-state index is 12.2. The summed E-state index contributed by atoms with van der Waals surface area (Å²) in [6.45, 7) is 0. The number of halogens is 3. The highest BCUT2D eigenvalue weighted by molar-refractivity contribution is 7.13. The van der Waals surface area contributed by atoms with E-state index in [-0.39, 0.29) is 29.6 Å². The molecule has 126 valence electrons. The van der Waals surface area contributed by atoms with E-state index in [2.05, 4.69) is 9.72 Å². The fraction of sp³-hybridized carbons (Fsp3) is 0.250. The van der Waals surface area contributed by atoms with E-state index in [9.17, 15) is 23.1 Å². The van der Waals surface area contributed by atoms with Gasteiger partial charge < -0.3 is 9.84 Å². The van der Waals surface area contributed by atoms with Crippen molar-refractivity contribution < 1.29 is 27.8 Å². The van der Waals surface area contributed by atoms with Gasteiger partial charge in [0.1, 0.15) is 10.8 Å². The van der Waals surface area contributed by atoms with Crippen molar-refractivity contribution >= 4 is 17.1 Å². The number of hydrogen-bond acceptors (Lipinski definition) is 5. The third-order valence-electron chi connectivity index (χ3n) is 3.51. The van der Waals surface area contributed by atoms with Gasteiger partial charge in [-0.25, -0.2) is 4.98 Å². The number of carbonyl (C=O) groups excluding carboxylic acids is 1. The first-order valence-electron chi connectivity index (χ1n) is 7.04. The molecule has 0 radical (unpaired) electrons. The number of aromatic nitrogens is 1. The molecule has 1 atom stereocenters. The van der Waals surface area contributed by atoms with Gasteiger partial charge in [-0.1, -0.05) is 0 Å². The Morgan fingerprint density at radius 2 is 1.92 bits per heavy atom. The van der Waals surface area contributed by atoms with Crippen LogP contribution in [-0.4, -0.2) is 22.2 Å². The van der Waals surface area contributed by atoms with Gasteiger partial charge in [0.05, 0.1) is 11.5 Å². The molecule has 4 nitrogen and oxygen atoms in total. The third-order valence-corrected chi connectivity index (χ3v) is 4.42. The van der Waals surface area contributed by atoms with Crippen LogP contribution in [0.25, 0.3) is 10.6 Å². The number of thiazole rings is 1. The standard InChI is InChI=1S/C16H12F3NO3S/c17-16(18,19)23-13-3-1-9(2-4-13)15-20-14(8-24-15)10-5-11(21)7-12(22)6-10/h1-4,7-8,10,21H,5-6H2. The summed E-state index contributed by atoms with van der Waals surface area (Å²) in [6, 6.07) is 5.44. The van der Waals surface area contributed by atoms with Crippen LogP contribution < -0.4 is 4.74 Å². The molecular weight excluding hydrogens is 343 g/mol. The molecule has 0 saturated heterocycles. The molecule has 8 heteroatoms. The average molecular weight is 355 g/mol. The van der Waals surface area contributed by atoms with Crippen molar-refractivity contribution in [1.82, 2.24) is 4.98 Å². The van der Waals surface area contributed by atoms with Crippen LogP contribution in [0.4, 0.5) is 13.2 Å². The summed E-state index contributed by atoms with van der Waals surface area (Å²) in [4.78, 5) is 16.0. The lowest BCUT2D eigenvalue weighted by Gasteiger charge is -2.16. The first kappa shape index (κ1) is 16.5. The van der Waals surface area contributed by atoms with Gasteiger partial charge in [-0.2, -0.15) is 0 Å². The third kappa shape index (κ3) is 3.94. The first-order chi connectivity index (χ1) is 11.3. The van der Waals surface area contributed by atoms with Gasteiger partial charge in [-0.05, 0) is 24.3 Å². The molecule has 0 fully saturated rings. The van der Waals surface area contributed by atoms with Crippen molar-refractivity contribution in [2.75, 3.05) is 0 Å². The summed E-state index contributed by atoms with van der Waals surface area (Å²) < 4.78 is 40.3. The molecule has 1 N–H and O–H groups in total. The second-order valence-corrected chi connectivity index (χ2v) is 6.21. The van der Waals surface area contributed by atoms with Gasteiger partial charge in [0, 0.05) is 35.8 Å². The van der Waals surface area contributed by atoms with Crippen molar-refractivity contribution in [2.45, 2.75) is 25.1 Å². The fourth-order valence-electron chi connectivity index (χ4n) is 2.49. The second kappa shape index (κ2) is 6.27. The van der Waals surface area contributed by atoms with Gasteiger partial charge in [0.15, 0.2) is 5.78 Å². The number of aliphatic hydroxyl groups is 1. The Kier molecular flexibility index (Phi) is 4.31. The van der Waals surface area contributed by atoms with Crippen LogP contribution in [0.1, 0.15) is 24.5 Å². The summed E-state index contributed by atoms with van der Waals surface area (Å²) in [5.41, 5.74) is 1.35. The minimum absolute atomic E-state index is 0.0412. The maximum Gasteiger partial charge on any atom is 0.573 e. The lowest BCUT2D eigenvalue weighted by Crippen LogP contribution is -2.16. The zero-order chi connectivity index (χ0) is 17.3. The quantitative estimate of drug-likeness (QED) is 0.874. The van der Waals surface area contributed by atoms with Gasteiger partial charge in [-0.15, -0.1) is 24.5 Å². The van der Waals surface area contributed by atoms with E-state index in [0.717, 1.165) is 0 Å². The van der Waals surface area contributed by atoms with E-state index in [1.807, 2.05) is 0 Å². The average Bonchev–Trinajstić information content (AvgIpc) is 2.95. The van der Waals surface area contributed by atoms with E-state index in [1.54, 1.807) is 5.38 Å². The summed E-state index contributed by atoms with van der Waals surface area (Å²) in [5, 5.41) is 12.0. The summed E-state index contributed by atoms with van der Waals surface area (Å²) >= 11 is 1.33. The number of rotatable bonds is 3. The molecule has 1 aliphatic rings. The lowest BCUT2D eigenvalue weighted by molar-refractivity contribution is -0.274. The minimum atomic E-state index is -4.72. The summed E-state index contributed by atoms with van der Waals surface area (Å²) in [7, 11) is 0. The molecule has 1 heterocycles. The number of ether oxygens (including phenoxy) is 1. The topological polar surface area (TPSA) is 59.4 Å². The van der Waals surface area contributed by atoms with Crippen LogP contribution in [0.15, 0.2) is 41.5 Å². The molecule has 24 heavy (non-hydrogen) atoms. The van der Waals surface area contributed by atoms with Crippen molar-refractivity contribution in [3.63, 3.8) is 0 Å². The molecule has 1 aromatic carbocycles. The predicted molar refractivity (Wildman–Crippen MR) is 81.9 cm³/mol. The van der Waals surface area contributed by atoms with Crippen molar-refractivity contribution in [1.29, 1.82) is 0 Å². The smallest absolute Gasteiger partial charge is 0.512 e. The zero-order valence-corrected chi connectivity index (χ0v) is 13.0. The molecule has 1 unspecified atom stereocenters. The van der Waals surface area contributed by atoms with Crippen LogP contribution in [-0.2, 0) is 4.79 Å². The summed E-state index contributed by atoms with van der Waals surface area (Å²) in [5.74, 6) is -0.581. The molecule has 1 aliphatic carbocycles. The number of nitrogens with zero attached hydrogens (tertiary/aromatic N) is 1. The Morgan fingerprint density at radius 1 is 1.21 bits per heavy atom. The number of alkyl halides is 3. The minimum Gasteiger partial charge on any atom is -0.512 e. The fourth-order valence-corrected chi connectivity index (χ4v) is 3.39. The van der Waals surface area contributed by atoms with Gasteiger partial charge in [0.25, 0.3) is 0 Å². The van der Waals surface area contributed by atoms with E-state index in [1.165, 1.54) is 41.7 Å². The second-order valence-electron chi connectivity index (χ2n) is 5.36. The molecule has 2 aromatic rings. The number of carbonyl (C=O) groups is 1. The van der Waals surface area contributed by atoms with Gasteiger partial charge >= 0.3 is 6.36 Å². The predicted octanol–water partition coefficient (Wildman–Crippen LogP) is 4.60. The zero-order valence-electron chi connectivity index (χ0n) is 12.2. The Bertz CT molecular complexity index is 781. The van der Waals surface area contributed by atoms with E-state index in [4.69, 9.17) is 0 Å². The van der Waals surface area contributed by atoms with Crippen LogP contribution in [0.2, 0.25) is 0 Å². The highest BCUT2D eigenvalue weighted by Crippen LogP contribution is 2.34. The normalized spacial score (nSPS) is 18.4. The molecular formula is C16H12F3NO3S. The Hall–Kier alpha value is -2.35. The highest BCUT2D eigenvalue weighted by Gasteiger charge is 2.31. The molecule has 0 bridgehead atoms. The lowest BCUT2D eigenvalue weighted by atomic mass is 9.90. The maximum absolute atomic E-state index is 12.2. The molecule has 0 spiro atoms. The summed E-state index contributed by atoms with van der Waals surface area (Å²) in [6.07, 6.45) is -2.86. The van der Waals surface area contributed by atoms with Gasteiger partial charge in [0.2, 0.25) is 0 Å². The van der Waals surface area contributed by atoms with Crippen LogP contribution in [0.5, 0.6) is 5.75 Å². The highest BCUT2D eigenvalue weighted by atomic mass is 32.1. The molecule has 3 rings (SSSR count). The van der Waals surface area contributed by atoms with Crippen molar-refractivity contribution in [2.24, 2.45) is 0 Å². The van der Waals surface area contributed by atoms with E-state index >= 15 is 0 Å². The van der Waals surface area contributed by atoms with Crippen LogP contribution in [0, 0.1) is 0 Å². The molecule has 1 aromatic heterocycles.